The Balaban J connectivity index is 1.52. The summed E-state index contributed by atoms with van der Waals surface area (Å²) >= 11 is 0. The van der Waals surface area contributed by atoms with Gasteiger partial charge in [-0.25, -0.2) is 4.39 Å². The summed E-state index contributed by atoms with van der Waals surface area (Å²) in [7, 11) is 4.48. The number of ketones is 1. The number of ether oxygens (including phenoxy) is 3. The number of hydrogen-bond donors (Lipinski definition) is 1. The monoisotopic (exact) mass is 634 g/mol. The van der Waals surface area contributed by atoms with E-state index in [2.05, 4.69) is 50.4 Å². The number of Topliss-reactive ketones (excluding diaryl/α,β-unsaturated/α-hetero) is 1. The molecule has 8 heteroatoms. The Bertz CT molecular complexity index is 1830. The first-order valence-electron chi connectivity index (χ1n) is 15.7. The number of carbonyl (C=O) groups excluding carboxylic acids is 2. The third kappa shape index (κ3) is 5.96. The van der Waals surface area contributed by atoms with Crippen molar-refractivity contribution in [3.63, 3.8) is 0 Å². The molecule has 0 radical (unpaired) electrons. The summed E-state index contributed by atoms with van der Waals surface area (Å²) in [6, 6.07) is 24.3. The zero-order chi connectivity index (χ0) is 33.5. The maximum atomic E-state index is 14.8. The Labute approximate surface area is 275 Å². The molecule has 1 aliphatic carbocycles. The number of carbonyl (C=O) groups is 2. The number of benzene rings is 4. The van der Waals surface area contributed by atoms with Gasteiger partial charge in [0.1, 0.15) is 5.82 Å². The van der Waals surface area contributed by atoms with Crippen molar-refractivity contribution in [2.75, 3.05) is 31.5 Å². The van der Waals surface area contributed by atoms with Crippen LogP contribution in [0.25, 0.3) is 0 Å². The number of halogens is 1. The van der Waals surface area contributed by atoms with Crippen LogP contribution in [-0.4, -0.2) is 33.0 Å². The fourth-order valence-corrected chi connectivity index (χ4v) is 6.61. The minimum absolute atomic E-state index is 0.0134. The van der Waals surface area contributed by atoms with Crippen LogP contribution in [0.2, 0.25) is 0 Å². The zero-order valence-electron chi connectivity index (χ0n) is 27.5. The summed E-state index contributed by atoms with van der Waals surface area (Å²) in [5, 5.41) is 3.56. The van der Waals surface area contributed by atoms with Crippen LogP contribution in [0, 0.1) is 5.82 Å². The van der Waals surface area contributed by atoms with Crippen molar-refractivity contribution in [3.05, 3.63) is 124 Å². The highest BCUT2D eigenvalue weighted by molar-refractivity contribution is 6.12. The van der Waals surface area contributed by atoms with E-state index in [1.54, 1.807) is 29.2 Å². The largest absolute Gasteiger partial charge is 0.493 e. The van der Waals surface area contributed by atoms with E-state index in [9.17, 15) is 14.0 Å². The molecule has 0 fully saturated rings. The minimum atomic E-state index is -0.843. The van der Waals surface area contributed by atoms with Gasteiger partial charge in [-0.05, 0) is 70.8 Å². The highest BCUT2D eigenvalue weighted by Crippen LogP contribution is 2.49. The molecular formula is C39H39FN2O5. The fourth-order valence-electron chi connectivity index (χ4n) is 6.61. The van der Waals surface area contributed by atoms with Gasteiger partial charge in [-0.15, -0.1) is 0 Å². The van der Waals surface area contributed by atoms with Gasteiger partial charge < -0.3 is 19.5 Å². The summed E-state index contributed by atoms with van der Waals surface area (Å²) in [5.41, 5.74) is 5.69. The van der Waals surface area contributed by atoms with E-state index in [0.29, 0.717) is 46.2 Å². The second-order valence-corrected chi connectivity index (χ2v) is 13.0. The number of allylic oxidation sites excluding steroid dienone is 1. The lowest BCUT2D eigenvalue weighted by atomic mass is 9.77. The third-order valence-corrected chi connectivity index (χ3v) is 9.05. The van der Waals surface area contributed by atoms with Gasteiger partial charge in [0, 0.05) is 23.3 Å². The van der Waals surface area contributed by atoms with E-state index < -0.39 is 17.8 Å². The molecule has 7 nitrogen and oxygen atoms in total. The first-order valence-corrected chi connectivity index (χ1v) is 15.7. The smallest absolute Gasteiger partial charge is 0.259 e. The van der Waals surface area contributed by atoms with Crippen molar-refractivity contribution < 1.29 is 28.2 Å². The summed E-state index contributed by atoms with van der Waals surface area (Å²) in [6.07, 6.45) is 0.837. The lowest BCUT2D eigenvalue weighted by Crippen LogP contribution is -2.38. The molecule has 1 heterocycles. The summed E-state index contributed by atoms with van der Waals surface area (Å²) in [4.78, 5) is 30.9. The van der Waals surface area contributed by atoms with Crippen molar-refractivity contribution in [2.24, 2.45) is 0 Å². The summed E-state index contributed by atoms with van der Waals surface area (Å²) in [6.45, 7) is 6.53. The van der Waals surface area contributed by atoms with E-state index >= 15 is 0 Å². The number of hydrogen-bond acceptors (Lipinski definition) is 6. The van der Waals surface area contributed by atoms with Crippen molar-refractivity contribution in [1.82, 2.24) is 0 Å². The SMILES string of the molecule is COc1cc(C(=O)N2c3ccccc3NC3=C(C(=O)C[C@H](c4ccc(C(C)(C)C)cc4)C3)[C@H]2c2ccc(F)cc2)cc(OC)c1OC. The highest BCUT2D eigenvalue weighted by Gasteiger charge is 2.42. The summed E-state index contributed by atoms with van der Waals surface area (Å²) < 4.78 is 30.9. The van der Waals surface area contributed by atoms with Crippen molar-refractivity contribution in [3.8, 4) is 17.2 Å². The summed E-state index contributed by atoms with van der Waals surface area (Å²) in [5.74, 6) is 0.0660. The van der Waals surface area contributed by atoms with E-state index in [1.165, 1.54) is 39.0 Å². The van der Waals surface area contributed by atoms with Gasteiger partial charge in [0.25, 0.3) is 5.91 Å². The molecule has 242 valence electrons. The lowest BCUT2D eigenvalue weighted by Gasteiger charge is -2.35. The Morgan fingerprint density at radius 2 is 1.45 bits per heavy atom. The van der Waals surface area contributed by atoms with Crippen LogP contribution in [-0.2, 0) is 10.2 Å². The van der Waals surface area contributed by atoms with Crippen molar-refractivity contribution in [1.29, 1.82) is 0 Å². The molecular weight excluding hydrogens is 595 g/mol. The number of nitrogens with one attached hydrogen (secondary N) is 1. The van der Waals surface area contributed by atoms with Crippen LogP contribution in [0.1, 0.15) is 72.6 Å². The molecule has 6 rings (SSSR count). The van der Waals surface area contributed by atoms with Gasteiger partial charge in [0.05, 0.1) is 38.7 Å². The second kappa shape index (κ2) is 12.6. The Hall–Kier alpha value is -5.11. The molecule has 4 aromatic carbocycles. The predicted molar refractivity (Wildman–Crippen MR) is 181 cm³/mol. The van der Waals surface area contributed by atoms with Gasteiger partial charge in [-0.2, -0.15) is 0 Å². The molecule has 2 atom stereocenters. The fraction of sp³-hybridized carbons (Fsp3) is 0.282. The lowest BCUT2D eigenvalue weighted by molar-refractivity contribution is -0.116. The highest BCUT2D eigenvalue weighted by atomic mass is 19.1. The third-order valence-electron chi connectivity index (χ3n) is 9.05. The van der Waals surface area contributed by atoms with Gasteiger partial charge in [0.2, 0.25) is 5.75 Å². The van der Waals surface area contributed by atoms with Crippen LogP contribution in [0.5, 0.6) is 17.2 Å². The number of anilines is 2. The molecule has 0 unspecified atom stereocenters. The van der Waals surface area contributed by atoms with Gasteiger partial charge in [-0.1, -0.05) is 69.3 Å². The standard InChI is InChI=1S/C39H39FN2O5/c1-39(2,3)27-15-11-23(12-16-27)25-19-30-35(32(43)20-25)36(24-13-17-28(40)18-14-24)42(31-10-8-7-9-29(31)41-30)38(44)26-21-33(45-4)37(47-6)34(22-26)46-5/h7-18,21-22,25,36,41H,19-20H2,1-6H3/t25-,36-/m1/s1. The Kier molecular flexibility index (Phi) is 8.53. The average Bonchev–Trinajstić information content (AvgIpc) is 3.22. The van der Waals surface area contributed by atoms with Crippen LogP contribution >= 0.6 is 0 Å². The number of methoxy groups -OCH3 is 3. The van der Waals surface area contributed by atoms with E-state index in [4.69, 9.17) is 14.2 Å². The van der Waals surface area contributed by atoms with Crippen molar-refractivity contribution in [2.45, 2.75) is 51.0 Å². The number of rotatable bonds is 6. The quantitative estimate of drug-likeness (QED) is 0.230. The molecule has 1 amide bonds. The zero-order valence-corrected chi connectivity index (χ0v) is 27.5. The van der Waals surface area contributed by atoms with Crippen LogP contribution in [0.4, 0.5) is 15.8 Å². The molecule has 0 bridgehead atoms. The van der Waals surface area contributed by atoms with E-state index in [0.717, 1.165) is 11.3 Å². The van der Waals surface area contributed by atoms with Crippen molar-refractivity contribution >= 4 is 23.1 Å². The normalized spacial score (nSPS) is 17.7. The Morgan fingerprint density at radius 3 is 2.04 bits per heavy atom. The number of fused-ring (bicyclic) bond motifs is 1. The van der Waals surface area contributed by atoms with Gasteiger partial charge in [-0.3, -0.25) is 14.5 Å². The predicted octanol–water partition coefficient (Wildman–Crippen LogP) is 8.36. The Morgan fingerprint density at radius 1 is 0.830 bits per heavy atom. The average molecular weight is 635 g/mol. The van der Waals surface area contributed by atoms with E-state index in [-0.39, 0.29) is 29.1 Å². The van der Waals surface area contributed by atoms with Crippen LogP contribution in [0.15, 0.2) is 96.2 Å². The molecule has 0 spiro atoms. The van der Waals surface area contributed by atoms with Crippen LogP contribution < -0.4 is 24.4 Å². The molecule has 1 N–H and O–H groups in total. The number of amides is 1. The molecule has 2 aliphatic rings. The van der Waals surface area contributed by atoms with Gasteiger partial charge in [0.15, 0.2) is 17.3 Å². The maximum absolute atomic E-state index is 14.8. The molecule has 0 aromatic heterocycles. The number of para-hydroxylation sites is 2. The maximum Gasteiger partial charge on any atom is 0.259 e. The molecule has 1 aliphatic heterocycles. The second-order valence-electron chi connectivity index (χ2n) is 13.0. The molecule has 0 saturated heterocycles. The van der Waals surface area contributed by atoms with Crippen LogP contribution in [0.3, 0.4) is 0 Å². The first-order chi connectivity index (χ1) is 22.5. The molecule has 0 saturated carbocycles. The minimum Gasteiger partial charge on any atom is -0.493 e. The number of nitrogens with zero attached hydrogens (tertiary/aromatic N) is 1. The molecule has 4 aromatic rings. The first kappa shape index (κ1) is 31.9. The van der Waals surface area contributed by atoms with E-state index in [1.807, 2.05) is 24.3 Å². The topological polar surface area (TPSA) is 77.1 Å². The van der Waals surface area contributed by atoms with Gasteiger partial charge >= 0.3 is 0 Å². The molecule has 47 heavy (non-hydrogen) atoms.